The van der Waals surface area contributed by atoms with Crippen LogP contribution < -0.4 is 4.74 Å². The molecule has 0 bridgehead atoms. The van der Waals surface area contributed by atoms with Crippen LogP contribution in [0, 0.1) is 5.92 Å². The summed E-state index contributed by atoms with van der Waals surface area (Å²) < 4.78 is 5.49. The zero-order valence-electron chi connectivity index (χ0n) is 16.2. The smallest absolute Gasteiger partial charge is 0.119 e. The van der Waals surface area contributed by atoms with Gasteiger partial charge in [0.1, 0.15) is 5.75 Å². The first kappa shape index (κ1) is 19.7. The second kappa shape index (κ2) is 8.28. The third-order valence-corrected chi connectivity index (χ3v) is 5.45. The molecule has 0 aliphatic heterocycles. The number of nitrogens with zero attached hydrogens (tertiary/aromatic N) is 2. The molecule has 3 nitrogen and oxygen atoms in total. The molecule has 2 aromatic carbocycles. The number of hydrogen-bond donors (Lipinski definition) is 0. The topological polar surface area (TPSA) is 25.4 Å². The number of ether oxygens (including phenoxy) is 1. The van der Waals surface area contributed by atoms with Crippen molar-refractivity contribution < 1.29 is 4.74 Å². The van der Waals surface area contributed by atoms with Crippen molar-refractivity contribution in [2.75, 3.05) is 27.7 Å². The predicted octanol–water partition coefficient (Wildman–Crippen LogP) is 4.92. The van der Waals surface area contributed by atoms with Crippen molar-refractivity contribution in [2.24, 2.45) is 5.92 Å². The summed E-state index contributed by atoms with van der Waals surface area (Å²) in [5.74, 6) is 1.85. The maximum atomic E-state index is 5.49. The Morgan fingerprint density at radius 2 is 1.89 bits per heavy atom. The Balaban J connectivity index is 0.00000210. The molecule has 4 rings (SSSR count). The zero-order chi connectivity index (χ0) is 18.1. The van der Waals surface area contributed by atoms with Crippen molar-refractivity contribution in [3.05, 3.63) is 71.4 Å². The van der Waals surface area contributed by atoms with E-state index in [9.17, 15) is 0 Å². The Bertz CT molecular complexity index is 925. The monoisotopic (exact) mass is 382 g/mol. The molecular formula is C23H27ClN2O. The van der Waals surface area contributed by atoms with Crippen LogP contribution in [-0.4, -0.2) is 37.6 Å². The second-order valence-corrected chi connectivity index (χ2v) is 7.53. The van der Waals surface area contributed by atoms with E-state index in [-0.39, 0.29) is 12.4 Å². The third-order valence-electron chi connectivity index (χ3n) is 5.45. The first-order valence-electron chi connectivity index (χ1n) is 9.33. The summed E-state index contributed by atoms with van der Waals surface area (Å²) in [6.07, 6.45) is 2.22. The summed E-state index contributed by atoms with van der Waals surface area (Å²) in [6.45, 7) is 1.08. The maximum Gasteiger partial charge on any atom is 0.119 e. The van der Waals surface area contributed by atoms with Crippen LogP contribution in [-0.2, 0) is 6.42 Å². The van der Waals surface area contributed by atoms with E-state index in [0.29, 0.717) is 11.8 Å². The van der Waals surface area contributed by atoms with Crippen LogP contribution in [0.25, 0.3) is 10.9 Å². The lowest BCUT2D eigenvalue weighted by molar-refractivity contribution is 0.280. The van der Waals surface area contributed by atoms with Gasteiger partial charge in [-0.15, -0.1) is 12.4 Å². The third kappa shape index (κ3) is 3.95. The molecule has 0 unspecified atom stereocenters. The summed E-state index contributed by atoms with van der Waals surface area (Å²) in [4.78, 5) is 7.31. The Kier molecular flexibility index (Phi) is 6.03. The van der Waals surface area contributed by atoms with E-state index in [1.165, 1.54) is 28.6 Å². The van der Waals surface area contributed by atoms with Crippen molar-refractivity contribution in [3.63, 3.8) is 0 Å². The lowest BCUT2D eigenvalue weighted by Crippen LogP contribution is -2.31. The molecule has 0 amide bonds. The average Bonchev–Trinajstić information content (AvgIpc) is 2.66. The second-order valence-electron chi connectivity index (χ2n) is 7.53. The average molecular weight is 383 g/mol. The van der Waals surface area contributed by atoms with E-state index in [2.05, 4.69) is 67.5 Å². The molecule has 142 valence electrons. The number of rotatable bonds is 4. The molecule has 1 heterocycles. The number of pyridine rings is 1. The van der Waals surface area contributed by atoms with Crippen molar-refractivity contribution in [1.29, 1.82) is 0 Å². The molecule has 3 aromatic rings. The Morgan fingerprint density at radius 3 is 2.67 bits per heavy atom. The highest BCUT2D eigenvalue weighted by Crippen LogP contribution is 2.42. The minimum absolute atomic E-state index is 0. The highest BCUT2D eigenvalue weighted by Gasteiger charge is 2.32. The largest absolute Gasteiger partial charge is 0.497 e. The molecular weight excluding hydrogens is 356 g/mol. The van der Waals surface area contributed by atoms with Gasteiger partial charge in [0, 0.05) is 23.5 Å². The van der Waals surface area contributed by atoms with Gasteiger partial charge in [0.25, 0.3) is 0 Å². The maximum absolute atomic E-state index is 5.49. The molecule has 0 radical (unpaired) electrons. The SMILES string of the molecule is COc1cccc([C@@H]2c3cc4ccccc4nc3CC[C@H]2CN(C)C)c1.Cl. The summed E-state index contributed by atoms with van der Waals surface area (Å²) in [5, 5.41) is 1.23. The molecule has 1 aliphatic carbocycles. The van der Waals surface area contributed by atoms with E-state index in [4.69, 9.17) is 9.72 Å². The van der Waals surface area contributed by atoms with E-state index < -0.39 is 0 Å². The van der Waals surface area contributed by atoms with Gasteiger partial charge in [-0.25, -0.2) is 0 Å². The highest BCUT2D eigenvalue weighted by atomic mass is 35.5. The minimum atomic E-state index is 0. The fourth-order valence-electron chi connectivity index (χ4n) is 4.34. The van der Waals surface area contributed by atoms with Crippen molar-refractivity contribution >= 4 is 23.3 Å². The molecule has 2 atom stereocenters. The summed E-state index contributed by atoms with van der Waals surface area (Å²) >= 11 is 0. The number of benzene rings is 2. The van der Waals surface area contributed by atoms with Crippen molar-refractivity contribution in [3.8, 4) is 5.75 Å². The first-order valence-corrected chi connectivity index (χ1v) is 9.33. The number of aryl methyl sites for hydroxylation is 1. The van der Waals surface area contributed by atoms with Crippen LogP contribution in [0.15, 0.2) is 54.6 Å². The number of fused-ring (bicyclic) bond motifs is 2. The van der Waals surface area contributed by atoms with E-state index in [1.807, 2.05) is 6.07 Å². The van der Waals surface area contributed by atoms with Crippen LogP contribution in [0.3, 0.4) is 0 Å². The fourth-order valence-corrected chi connectivity index (χ4v) is 4.34. The van der Waals surface area contributed by atoms with Gasteiger partial charge >= 0.3 is 0 Å². The molecule has 0 saturated heterocycles. The van der Waals surface area contributed by atoms with Gasteiger partial charge in [-0.3, -0.25) is 4.98 Å². The van der Waals surface area contributed by atoms with E-state index in [0.717, 1.165) is 24.2 Å². The van der Waals surface area contributed by atoms with Crippen molar-refractivity contribution in [2.45, 2.75) is 18.8 Å². The zero-order valence-corrected chi connectivity index (χ0v) is 17.0. The number of methoxy groups -OCH3 is 1. The summed E-state index contributed by atoms with van der Waals surface area (Å²) in [6, 6.07) is 19.4. The van der Waals surface area contributed by atoms with Gasteiger partial charge < -0.3 is 9.64 Å². The normalized spacial score (nSPS) is 18.8. The standard InChI is InChI=1S/C23H26N2O.ClH/c1-25(2)15-18-11-12-22-20(14-16-7-4-5-10-21(16)24-22)23(18)17-8-6-9-19(13-17)26-3;/h4-10,13-14,18,23H,11-12,15H2,1-3H3;1H/t18-,23-;/m0./s1. The van der Waals surface area contributed by atoms with Crippen molar-refractivity contribution in [1.82, 2.24) is 9.88 Å². The number of halogens is 1. The minimum Gasteiger partial charge on any atom is -0.497 e. The number of para-hydroxylation sites is 1. The predicted molar refractivity (Wildman–Crippen MR) is 114 cm³/mol. The molecule has 0 spiro atoms. The van der Waals surface area contributed by atoms with Gasteiger partial charge in [0.15, 0.2) is 0 Å². The van der Waals surface area contributed by atoms with Gasteiger partial charge in [0.2, 0.25) is 0 Å². The van der Waals surface area contributed by atoms with Gasteiger partial charge in [-0.2, -0.15) is 0 Å². The molecule has 0 fully saturated rings. The Labute approximate surface area is 167 Å². The van der Waals surface area contributed by atoms with Gasteiger partial charge in [-0.05, 0) is 68.2 Å². The van der Waals surface area contributed by atoms with Crippen LogP contribution in [0.2, 0.25) is 0 Å². The van der Waals surface area contributed by atoms with Crippen LogP contribution in [0.5, 0.6) is 5.75 Å². The molecule has 1 aliphatic rings. The van der Waals surface area contributed by atoms with E-state index >= 15 is 0 Å². The highest BCUT2D eigenvalue weighted by molar-refractivity contribution is 5.85. The summed E-state index contributed by atoms with van der Waals surface area (Å²) in [5.41, 5.74) is 5.07. The molecule has 27 heavy (non-hydrogen) atoms. The number of aromatic nitrogens is 1. The Morgan fingerprint density at radius 1 is 1.07 bits per heavy atom. The molecule has 1 aromatic heterocycles. The van der Waals surface area contributed by atoms with Gasteiger partial charge in [0.05, 0.1) is 12.6 Å². The number of hydrogen-bond acceptors (Lipinski definition) is 3. The summed E-state index contributed by atoms with van der Waals surface area (Å²) in [7, 11) is 6.06. The van der Waals surface area contributed by atoms with Crippen LogP contribution >= 0.6 is 12.4 Å². The first-order chi connectivity index (χ1) is 12.7. The lowest BCUT2D eigenvalue weighted by atomic mass is 9.73. The van der Waals surface area contributed by atoms with Gasteiger partial charge in [-0.1, -0.05) is 30.3 Å². The van der Waals surface area contributed by atoms with Crippen LogP contribution in [0.1, 0.15) is 29.2 Å². The fraction of sp³-hybridized carbons (Fsp3) is 0.348. The van der Waals surface area contributed by atoms with E-state index in [1.54, 1.807) is 7.11 Å². The molecule has 4 heteroatoms. The quantitative estimate of drug-likeness (QED) is 0.640. The molecule has 0 saturated carbocycles. The lowest BCUT2D eigenvalue weighted by Gasteiger charge is -2.35. The van der Waals surface area contributed by atoms with Crippen LogP contribution in [0.4, 0.5) is 0 Å². The molecule has 0 N–H and O–H groups in total. The Hall–Kier alpha value is -2.10.